The number of unbranched alkanes of at least 4 members (excludes halogenated alkanes) is 23. The van der Waals surface area contributed by atoms with Gasteiger partial charge in [-0.15, -0.1) is 0 Å². The standard InChI is InChI=1S/C52H95FN6O4/c1-5-9-12-15-20-27-35-45(8-4)62-47(60)38-30-23-18-25-32-41-59(43-34-40-54-50-49-51(56-44-55-49)58-52(53)57-50)42-33-26-19-24-31-39-48(61)63-46(36-28-21-16-13-10-6-2)37-29-22-17-14-11-7-3/h44-46H,5-43H2,1-4H3,(H2,54,55,56,57,58). The molecule has 0 aromatic carbocycles. The number of nitrogens with zero attached hydrogens (tertiary/aromatic N) is 4. The van der Waals surface area contributed by atoms with Crippen molar-refractivity contribution in [3.05, 3.63) is 12.4 Å². The van der Waals surface area contributed by atoms with E-state index in [-0.39, 0.29) is 24.1 Å². The number of ether oxygens (including phenoxy) is 2. The van der Waals surface area contributed by atoms with Gasteiger partial charge in [0, 0.05) is 19.4 Å². The molecule has 0 fully saturated rings. The molecule has 0 spiro atoms. The van der Waals surface area contributed by atoms with Crippen LogP contribution in [0.15, 0.2) is 6.33 Å². The molecule has 0 saturated carbocycles. The fraction of sp³-hybridized carbons (Fsp3) is 0.865. The second kappa shape index (κ2) is 39.5. The average Bonchev–Trinajstić information content (AvgIpc) is 3.75. The Balaban J connectivity index is 1.71. The number of fused-ring (bicyclic) bond motifs is 1. The molecule has 2 heterocycles. The van der Waals surface area contributed by atoms with Gasteiger partial charge < -0.3 is 24.7 Å². The summed E-state index contributed by atoms with van der Waals surface area (Å²) in [5.41, 5.74) is 0.944. The first-order valence-corrected chi connectivity index (χ1v) is 26.6. The maximum Gasteiger partial charge on any atom is 0.312 e. The summed E-state index contributed by atoms with van der Waals surface area (Å²) in [6.45, 7) is 12.6. The molecule has 1 unspecified atom stereocenters. The van der Waals surface area contributed by atoms with Gasteiger partial charge in [-0.1, -0.05) is 163 Å². The molecule has 0 aliphatic carbocycles. The monoisotopic (exact) mass is 887 g/mol. The van der Waals surface area contributed by atoms with E-state index in [1.54, 1.807) is 0 Å². The number of imidazole rings is 1. The van der Waals surface area contributed by atoms with Gasteiger partial charge in [0.25, 0.3) is 0 Å². The lowest BCUT2D eigenvalue weighted by Crippen LogP contribution is -2.28. The number of H-pyrrole nitrogens is 1. The molecule has 0 saturated heterocycles. The number of esters is 2. The lowest BCUT2D eigenvalue weighted by atomic mass is 10.0. The summed E-state index contributed by atoms with van der Waals surface area (Å²) in [6, 6.07) is 0. The van der Waals surface area contributed by atoms with Gasteiger partial charge in [0.1, 0.15) is 17.7 Å². The second-order valence-corrected chi connectivity index (χ2v) is 18.4. The SMILES string of the molecule is CCCCCCCCC(CC)OC(=O)CCCCCCCN(CCCCCCCC(=O)OC(CCCCCCCC)CCCCCCCC)CCCNc1nc(F)nc2nc[nH]c12. The van der Waals surface area contributed by atoms with Crippen molar-refractivity contribution >= 4 is 28.9 Å². The maximum atomic E-state index is 14.0. The zero-order valence-electron chi connectivity index (χ0n) is 41.1. The van der Waals surface area contributed by atoms with E-state index in [2.05, 4.69) is 57.8 Å². The van der Waals surface area contributed by atoms with Crippen LogP contribution in [0.4, 0.5) is 10.2 Å². The Morgan fingerprint density at radius 2 is 1.00 bits per heavy atom. The number of rotatable bonds is 45. The minimum atomic E-state index is -0.780. The highest BCUT2D eigenvalue weighted by molar-refractivity contribution is 5.81. The van der Waals surface area contributed by atoms with E-state index in [0.29, 0.717) is 36.4 Å². The number of carbonyl (C=O) groups excluding carboxylic acids is 2. The molecule has 0 amide bonds. The van der Waals surface area contributed by atoms with Crippen LogP contribution >= 0.6 is 0 Å². The molecule has 2 rings (SSSR count). The Hall–Kier alpha value is -2.82. The maximum absolute atomic E-state index is 14.0. The summed E-state index contributed by atoms with van der Waals surface area (Å²) in [5.74, 6) is 0.416. The Morgan fingerprint density at radius 1 is 0.571 bits per heavy atom. The molecule has 63 heavy (non-hydrogen) atoms. The fourth-order valence-electron chi connectivity index (χ4n) is 8.60. The van der Waals surface area contributed by atoms with Crippen molar-refractivity contribution in [2.45, 2.75) is 265 Å². The van der Waals surface area contributed by atoms with E-state index in [1.807, 2.05) is 0 Å². The highest BCUT2D eigenvalue weighted by Gasteiger charge is 2.16. The predicted molar refractivity (Wildman–Crippen MR) is 261 cm³/mol. The van der Waals surface area contributed by atoms with Crippen LogP contribution in [0, 0.1) is 6.08 Å². The summed E-state index contributed by atoms with van der Waals surface area (Å²) < 4.78 is 25.9. The van der Waals surface area contributed by atoms with E-state index in [4.69, 9.17) is 9.47 Å². The predicted octanol–water partition coefficient (Wildman–Crippen LogP) is 14.8. The van der Waals surface area contributed by atoms with E-state index in [1.165, 1.54) is 115 Å². The molecule has 364 valence electrons. The van der Waals surface area contributed by atoms with Crippen LogP contribution in [-0.2, 0) is 19.1 Å². The van der Waals surface area contributed by atoms with Crippen LogP contribution in [0.2, 0.25) is 0 Å². The van der Waals surface area contributed by atoms with Crippen LogP contribution in [0.3, 0.4) is 0 Å². The molecule has 2 aromatic rings. The minimum Gasteiger partial charge on any atom is -0.462 e. The van der Waals surface area contributed by atoms with Crippen molar-refractivity contribution in [2.24, 2.45) is 0 Å². The number of hydrogen-bond donors (Lipinski definition) is 2. The van der Waals surface area contributed by atoms with Crippen molar-refractivity contribution in [1.29, 1.82) is 0 Å². The van der Waals surface area contributed by atoms with Crippen molar-refractivity contribution in [3.8, 4) is 0 Å². The molecule has 0 bridgehead atoms. The summed E-state index contributed by atoms with van der Waals surface area (Å²) in [5, 5.41) is 3.29. The average molecular weight is 887 g/mol. The van der Waals surface area contributed by atoms with Crippen molar-refractivity contribution in [3.63, 3.8) is 0 Å². The lowest BCUT2D eigenvalue weighted by Gasteiger charge is -2.22. The largest absolute Gasteiger partial charge is 0.462 e. The zero-order chi connectivity index (χ0) is 45.4. The third-order valence-corrected chi connectivity index (χ3v) is 12.6. The lowest BCUT2D eigenvalue weighted by molar-refractivity contribution is -0.150. The van der Waals surface area contributed by atoms with E-state index >= 15 is 0 Å². The highest BCUT2D eigenvalue weighted by atomic mass is 19.1. The third kappa shape index (κ3) is 30.1. The topological polar surface area (TPSA) is 122 Å². The molecule has 10 nitrogen and oxygen atoms in total. The van der Waals surface area contributed by atoms with E-state index in [9.17, 15) is 14.0 Å². The molecular formula is C52H95FN6O4. The highest BCUT2D eigenvalue weighted by Crippen LogP contribution is 2.20. The van der Waals surface area contributed by atoms with E-state index in [0.717, 1.165) is 122 Å². The summed E-state index contributed by atoms with van der Waals surface area (Å²) in [6.07, 6.45) is 40.3. The molecule has 2 aromatic heterocycles. The quantitative estimate of drug-likeness (QED) is 0.0380. The van der Waals surface area contributed by atoms with Gasteiger partial charge in [-0.05, 0) is 96.7 Å². The van der Waals surface area contributed by atoms with Crippen LogP contribution in [-0.4, -0.2) is 75.2 Å². The number of hydrogen-bond acceptors (Lipinski definition) is 9. The van der Waals surface area contributed by atoms with Crippen LogP contribution in [0.25, 0.3) is 11.2 Å². The van der Waals surface area contributed by atoms with Gasteiger partial charge in [-0.2, -0.15) is 14.4 Å². The van der Waals surface area contributed by atoms with Crippen LogP contribution < -0.4 is 5.32 Å². The summed E-state index contributed by atoms with van der Waals surface area (Å²) in [7, 11) is 0. The molecular weight excluding hydrogens is 792 g/mol. The molecule has 0 aliphatic rings. The number of halogens is 1. The third-order valence-electron chi connectivity index (χ3n) is 12.6. The van der Waals surface area contributed by atoms with Crippen LogP contribution in [0.5, 0.6) is 0 Å². The zero-order valence-corrected chi connectivity index (χ0v) is 41.1. The number of aromatic nitrogens is 4. The van der Waals surface area contributed by atoms with Crippen molar-refractivity contribution in [1.82, 2.24) is 24.8 Å². The number of nitrogens with one attached hydrogen (secondary N) is 2. The van der Waals surface area contributed by atoms with Gasteiger partial charge >= 0.3 is 18.0 Å². The first kappa shape index (κ1) is 56.3. The molecule has 11 heteroatoms. The fourth-order valence-corrected chi connectivity index (χ4v) is 8.60. The molecule has 0 radical (unpaired) electrons. The van der Waals surface area contributed by atoms with Gasteiger partial charge in [-0.25, -0.2) is 4.98 Å². The van der Waals surface area contributed by atoms with Gasteiger partial charge in [-0.3, -0.25) is 9.59 Å². The van der Waals surface area contributed by atoms with Crippen LogP contribution in [0.1, 0.15) is 252 Å². The first-order valence-electron chi connectivity index (χ1n) is 26.6. The molecule has 1 atom stereocenters. The van der Waals surface area contributed by atoms with Crippen molar-refractivity contribution < 1.29 is 23.5 Å². The summed E-state index contributed by atoms with van der Waals surface area (Å²) >= 11 is 0. The summed E-state index contributed by atoms with van der Waals surface area (Å²) in [4.78, 5) is 42.8. The van der Waals surface area contributed by atoms with Gasteiger partial charge in [0.05, 0.1) is 6.33 Å². The Labute approximate surface area is 384 Å². The number of anilines is 1. The normalized spacial score (nSPS) is 12.2. The minimum absolute atomic E-state index is 0.00131. The molecule has 2 N–H and O–H groups in total. The smallest absolute Gasteiger partial charge is 0.312 e. The molecule has 0 aliphatic heterocycles. The van der Waals surface area contributed by atoms with Gasteiger partial charge in [0.15, 0.2) is 11.5 Å². The Kier molecular flexibility index (Phi) is 35.3. The van der Waals surface area contributed by atoms with E-state index < -0.39 is 6.08 Å². The number of aromatic amines is 1. The Morgan fingerprint density at radius 3 is 1.51 bits per heavy atom. The second-order valence-electron chi connectivity index (χ2n) is 18.4. The number of carbonyl (C=O) groups is 2. The first-order chi connectivity index (χ1) is 30.9. The van der Waals surface area contributed by atoms with Gasteiger partial charge in [0.2, 0.25) is 0 Å². The van der Waals surface area contributed by atoms with Crippen molar-refractivity contribution in [2.75, 3.05) is 31.5 Å². The Bertz CT molecular complexity index is 1360.